The molecule has 0 amide bonds. The third-order valence-corrected chi connectivity index (χ3v) is 8.23. The van der Waals surface area contributed by atoms with Crippen LogP contribution in [0.4, 0.5) is 0 Å². The van der Waals surface area contributed by atoms with Crippen LogP contribution in [0.5, 0.6) is 34.5 Å². The lowest BCUT2D eigenvalue weighted by atomic mass is 9.85. The number of esters is 2. The van der Waals surface area contributed by atoms with Gasteiger partial charge in [-0.3, -0.25) is 0 Å². The van der Waals surface area contributed by atoms with E-state index in [2.05, 4.69) is 0 Å². The van der Waals surface area contributed by atoms with Crippen LogP contribution in [0.1, 0.15) is 73.4 Å². The minimum absolute atomic E-state index is 0.171. The van der Waals surface area contributed by atoms with Crippen molar-refractivity contribution in [2.45, 2.75) is 78.8 Å². The fourth-order valence-corrected chi connectivity index (χ4v) is 6.70. The molecule has 0 fully saturated rings. The van der Waals surface area contributed by atoms with E-state index >= 15 is 0 Å². The zero-order valence-corrected chi connectivity index (χ0v) is 27.2. The standard InChI is InChI=1S/C36H38O10/c1-15(2)43-25-13-23(37)29(21-11-19-9-17(5)45-35(39)27(19)33(41-7)31(21)25)30-22-12-20-10-18(6)46-36(40)28(20)34(42-8)32(22)26(14-24(30)38)44-16(3)4/h11-18,37-38H,9-10H2,1-8H3/t17-,18-/m1/s1. The highest BCUT2D eigenvalue weighted by Crippen LogP contribution is 2.55. The number of fused-ring (bicyclic) bond motifs is 4. The van der Waals surface area contributed by atoms with Gasteiger partial charge in [0.25, 0.3) is 0 Å². The van der Waals surface area contributed by atoms with Crippen molar-refractivity contribution in [2.75, 3.05) is 14.2 Å². The molecule has 10 nitrogen and oxygen atoms in total. The molecule has 0 aromatic heterocycles. The van der Waals surface area contributed by atoms with E-state index in [1.807, 2.05) is 53.7 Å². The number of methoxy groups -OCH3 is 2. The summed E-state index contributed by atoms with van der Waals surface area (Å²) < 4.78 is 35.2. The molecule has 0 unspecified atom stereocenters. The summed E-state index contributed by atoms with van der Waals surface area (Å²) in [4.78, 5) is 26.4. The van der Waals surface area contributed by atoms with Crippen molar-refractivity contribution in [1.29, 1.82) is 0 Å². The number of hydrogen-bond donors (Lipinski definition) is 2. The third-order valence-electron chi connectivity index (χ3n) is 8.23. The van der Waals surface area contributed by atoms with Crippen molar-refractivity contribution in [3.63, 3.8) is 0 Å². The molecule has 0 bridgehead atoms. The van der Waals surface area contributed by atoms with E-state index in [1.165, 1.54) is 26.4 Å². The second kappa shape index (κ2) is 11.5. The molecular formula is C36H38O10. The smallest absolute Gasteiger partial charge is 0.342 e. The predicted molar refractivity (Wildman–Crippen MR) is 172 cm³/mol. The summed E-state index contributed by atoms with van der Waals surface area (Å²) in [5.74, 6) is -0.282. The van der Waals surface area contributed by atoms with Gasteiger partial charge in [0, 0.05) is 46.9 Å². The molecule has 4 aromatic carbocycles. The summed E-state index contributed by atoms with van der Waals surface area (Å²) in [6, 6.07) is 6.57. The Morgan fingerprint density at radius 3 is 1.35 bits per heavy atom. The van der Waals surface area contributed by atoms with Gasteiger partial charge in [-0.15, -0.1) is 0 Å². The maximum atomic E-state index is 13.2. The van der Waals surface area contributed by atoms with Gasteiger partial charge in [0.15, 0.2) is 0 Å². The molecule has 6 rings (SSSR count). The first kappa shape index (κ1) is 31.1. The number of cyclic esters (lactones) is 2. The van der Waals surface area contributed by atoms with Crippen LogP contribution in [-0.4, -0.2) is 60.8 Å². The van der Waals surface area contributed by atoms with Crippen molar-refractivity contribution in [3.8, 4) is 45.6 Å². The van der Waals surface area contributed by atoms with Gasteiger partial charge in [0.2, 0.25) is 0 Å². The van der Waals surface area contributed by atoms with E-state index in [1.54, 1.807) is 0 Å². The monoisotopic (exact) mass is 630 g/mol. The van der Waals surface area contributed by atoms with Gasteiger partial charge in [0.05, 0.1) is 37.2 Å². The Hall–Kier alpha value is -4.86. The van der Waals surface area contributed by atoms with Gasteiger partial charge in [-0.2, -0.15) is 0 Å². The quantitative estimate of drug-likeness (QED) is 0.209. The van der Waals surface area contributed by atoms with Crippen molar-refractivity contribution in [2.24, 2.45) is 0 Å². The summed E-state index contributed by atoms with van der Waals surface area (Å²) in [5, 5.41) is 25.5. The maximum absolute atomic E-state index is 13.2. The molecule has 4 aromatic rings. The second-order valence-electron chi connectivity index (χ2n) is 12.4. The Morgan fingerprint density at radius 1 is 0.652 bits per heavy atom. The van der Waals surface area contributed by atoms with Crippen LogP contribution in [0.3, 0.4) is 0 Å². The van der Waals surface area contributed by atoms with Gasteiger partial charge in [-0.05, 0) is 64.8 Å². The molecule has 10 heteroatoms. The van der Waals surface area contributed by atoms with Gasteiger partial charge < -0.3 is 38.6 Å². The Morgan fingerprint density at radius 2 is 1.02 bits per heavy atom. The fraction of sp³-hybridized carbons (Fsp3) is 0.389. The van der Waals surface area contributed by atoms with Crippen LogP contribution in [0.25, 0.3) is 32.7 Å². The fourth-order valence-electron chi connectivity index (χ4n) is 6.70. The average molecular weight is 631 g/mol. The lowest BCUT2D eigenvalue weighted by Gasteiger charge is -2.28. The number of carbonyl (C=O) groups is 2. The Balaban J connectivity index is 1.81. The maximum Gasteiger partial charge on any atom is 0.342 e. The van der Waals surface area contributed by atoms with Crippen LogP contribution in [0.15, 0.2) is 24.3 Å². The molecule has 46 heavy (non-hydrogen) atoms. The summed E-state index contributed by atoms with van der Waals surface area (Å²) in [7, 11) is 2.93. The zero-order valence-electron chi connectivity index (χ0n) is 27.2. The molecule has 2 atom stereocenters. The van der Waals surface area contributed by atoms with Crippen LogP contribution in [0, 0.1) is 0 Å². The highest BCUT2D eigenvalue weighted by molar-refractivity contribution is 6.18. The Bertz CT molecular complexity index is 1780. The van der Waals surface area contributed by atoms with Crippen molar-refractivity contribution in [1.82, 2.24) is 0 Å². The summed E-state index contributed by atoms with van der Waals surface area (Å²) in [5.41, 5.74) is 2.49. The van der Waals surface area contributed by atoms with Gasteiger partial charge in [-0.25, -0.2) is 9.59 Å². The predicted octanol–water partition coefficient (Wildman–Crippen LogP) is 6.87. The topological polar surface area (TPSA) is 130 Å². The van der Waals surface area contributed by atoms with Crippen molar-refractivity contribution >= 4 is 33.5 Å². The first-order chi connectivity index (χ1) is 21.8. The molecule has 0 saturated heterocycles. The second-order valence-corrected chi connectivity index (χ2v) is 12.4. The molecule has 0 aliphatic carbocycles. The van der Waals surface area contributed by atoms with Gasteiger partial charge in [-0.1, -0.05) is 0 Å². The lowest BCUT2D eigenvalue weighted by molar-refractivity contribution is 0.0286. The largest absolute Gasteiger partial charge is 0.507 e. The highest BCUT2D eigenvalue weighted by atomic mass is 16.6. The van der Waals surface area contributed by atoms with E-state index in [0.717, 1.165) is 0 Å². The van der Waals surface area contributed by atoms with E-state index in [0.29, 0.717) is 57.0 Å². The number of rotatable bonds is 7. The Kier molecular flexibility index (Phi) is 7.78. The molecule has 2 aliphatic rings. The normalized spacial score (nSPS) is 17.5. The van der Waals surface area contributed by atoms with E-state index < -0.39 is 11.9 Å². The van der Waals surface area contributed by atoms with Crippen molar-refractivity contribution < 1.29 is 48.2 Å². The van der Waals surface area contributed by atoms with E-state index in [-0.39, 0.29) is 69.7 Å². The number of phenolic OH excluding ortho intramolecular Hbond substituents is 2. The number of ether oxygens (including phenoxy) is 6. The number of benzene rings is 4. The Labute approximate surface area is 266 Å². The molecule has 0 spiro atoms. The number of aromatic hydroxyl groups is 2. The SMILES string of the molecule is COc1c2c(cc3c(-c4c(O)cc(OC(C)C)c5c(OC)c6c(cc45)C[C@@H](C)OC6=O)c(O)cc(OC(C)C)c13)C[C@@H](C)OC2=O. The van der Waals surface area contributed by atoms with E-state index in [4.69, 9.17) is 28.4 Å². The molecule has 2 aliphatic heterocycles. The average Bonchev–Trinajstić information content (AvgIpc) is 2.95. The van der Waals surface area contributed by atoms with Crippen LogP contribution in [-0.2, 0) is 22.3 Å². The highest BCUT2D eigenvalue weighted by Gasteiger charge is 2.35. The van der Waals surface area contributed by atoms with Gasteiger partial charge >= 0.3 is 11.9 Å². The molecule has 2 heterocycles. The number of carbonyl (C=O) groups excluding carboxylic acids is 2. The van der Waals surface area contributed by atoms with Gasteiger partial charge in [0.1, 0.15) is 57.8 Å². The van der Waals surface area contributed by atoms with E-state index in [9.17, 15) is 19.8 Å². The third kappa shape index (κ3) is 4.96. The first-order valence-corrected chi connectivity index (χ1v) is 15.4. The summed E-state index contributed by atoms with van der Waals surface area (Å²) in [6.45, 7) is 11.0. The van der Waals surface area contributed by atoms with Crippen molar-refractivity contribution in [3.05, 3.63) is 46.5 Å². The molecule has 2 N–H and O–H groups in total. The molecular weight excluding hydrogens is 592 g/mol. The number of hydrogen-bond acceptors (Lipinski definition) is 10. The summed E-state index contributed by atoms with van der Waals surface area (Å²) >= 11 is 0. The molecule has 0 saturated carbocycles. The molecule has 0 radical (unpaired) electrons. The minimum atomic E-state index is -0.515. The van der Waals surface area contributed by atoms with Crippen LogP contribution >= 0.6 is 0 Å². The first-order valence-electron chi connectivity index (χ1n) is 15.4. The number of phenols is 2. The van der Waals surface area contributed by atoms with Crippen LogP contribution < -0.4 is 18.9 Å². The lowest BCUT2D eigenvalue weighted by Crippen LogP contribution is -2.26. The minimum Gasteiger partial charge on any atom is -0.507 e. The summed E-state index contributed by atoms with van der Waals surface area (Å²) in [6.07, 6.45) is -0.487. The van der Waals surface area contributed by atoms with Crippen LogP contribution in [0.2, 0.25) is 0 Å². The molecule has 242 valence electrons. The zero-order chi connectivity index (χ0) is 33.2.